The van der Waals surface area contributed by atoms with Crippen molar-refractivity contribution in [3.05, 3.63) is 51.9 Å². The van der Waals surface area contributed by atoms with Crippen LogP contribution >= 0.6 is 0 Å². The van der Waals surface area contributed by atoms with Gasteiger partial charge in [0.25, 0.3) is 0 Å². The van der Waals surface area contributed by atoms with Crippen LogP contribution in [0.25, 0.3) is 22.5 Å². The van der Waals surface area contributed by atoms with Crippen molar-refractivity contribution in [2.45, 2.75) is 13.8 Å². The Morgan fingerprint density at radius 2 is 2.00 bits per heavy atom. The van der Waals surface area contributed by atoms with Crippen LogP contribution in [0.4, 0.5) is 0 Å². The fraction of sp³-hybridized carbons (Fsp3) is 0.176. The molecule has 0 aliphatic carbocycles. The zero-order valence-electron chi connectivity index (χ0n) is 12.6. The number of furan rings is 1. The lowest BCUT2D eigenvalue weighted by molar-refractivity contribution is -0.139. The zero-order chi connectivity index (χ0) is 16.6. The highest BCUT2D eigenvalue weighted by Crippen LogP contribution is 2.32. The second-order valence-electron chi connectivity index (χ2n) is 5.18. The van der Waals surface area contributed by atoms with E-state index < -0.39 is 18.0 Å². The third-order valence-corrected chi connectivity index (χ3v) is 3.55. The molecule has 0 atom stereocenters. The maximum absolute atomic E-state index is 12.7. The van der Waals surface area contributed by atoms with Gasteiger partial charge in [0, 0.05) is 0 Å². The molecule has 0 unspecified atom stereocenters. The van der Waals surface area contributed by atoms with Gasteiger partial charge in [-0.2, -0.15) is 0 Å². The summed E-state index contributed by atoms with van der Waals surface area (Å²) in [5.74, 6) is -0.979. The molecule has 0 spiro atoms. The van der Waals surface area contributed by atoms with Gasteiger partial charge in [0.2, 0.25) is 16.9 Å². The molecule has 0 bridgehead atoms. The molecule has 0 saturated heterocycles. The van der Waals surface area contributed by atoms with Crippen molar-refractivity contribution >= 4 is 16.9 Å². The first-order valence-electron chi connectivity index (χ1n) is 6.94. The summed E-state index contributed by atoms with van der Waals surface area (Å²) >= 11 is 0. The highest BCUT2D eigenvalue weighted by Gasteiger charge is 2.20. The average Bonchev–Trinajstić information content (AvgIpc) is 3.02. The Hall–Kier alpha value is -3.02. The number of ether oxygens (including phenoxy) is 1. The average molecular weight is 314 g/mol. The Bertz CT molecular complexity index is 934. The van der Waals surface area contributed by atoms with Crippen LogP contribution in [0.15, 0.2) is 44.2 Å². The highest BCUT2D eigenvalue weighted by atomic mass is 16.5. The number of carbonyl (C=O) groups is 1. The van der Waals surface area contributed by atoms with E-state index in [1.54, 1.807) is 24.3 Å². The van der Waals surface area contributed by atoms with Crippen molar-refractivity contribution in [3.8, 4) is 17.3 Å². The standard InChI is InChI=1S/C17H14O6/c1-9-6-11-13(7-10(9)2)23-16(12-4-3-5-21-12)17(15(11)20)22-8-14(18)19/h3-7H,8H2,1-2H3,(H,18,19). The van der Waals surface area contributed by atoms with Crippen LogP contribution in [0.3, 0.4) is 0 Å². The summed E-state index contributed by atoms with van der Waals surface area (Å²) in [5.41, 5.74) is 1.87. The molecule has 0 fully saturated rings. The number of carboxylic acids is 1. The topological polar surface area (TPSA) is 89.9 Å². The second-order valence-corrected chi connectivity index (χ2v) is 5.18. The molecular formula is C17H14O6. The molecular weight excluding hydrogens is 300 g/mol. The summed E-state index contributed by atoms with van der Waals surface area (Å²) in [6.07, 6.45) is 1.43. The van der Waals surface area contributed by atoms with Crippen LogP contribution in [0.5, 0.6) is 5.75 Å². The Labute approximate surface area is 130 Å². The molecule has 2 aromatic heterocycles. The lowest BCUT2D eigenvalue weighted by Gasteiger charge is -2.10. The van der Waals surface area contributed by atoms with E-state index in [1.165, 1.54) is 6.26 Å². The van der Waals surface area contributed by atoms with E-state index in [4.69, 9.17) is 18.7 Å². The van der Waals surface area contributed by atoms with Crippen LogP contribution in [0.2, 0.25) is 0 Å². The normalized spacial score (nSPS) is 10.9. The first-order chi connectivity index (χ1) is 11.0. The highest BCUT2D eigenvalue weighted by molar-refractivity contribution is 5.83. The molecule has 0 radical (unpaired) electrons. The maximum Gasteiger partial charge on any atom is 0.341 e. The number of fused-ring (bicyclic) bond motifs is 1. The van der Waals surface area contributed by atoms with E-state index in [-0.39, 0.29) is 11.5 Å². The molecule has 0 saturated carbocycles. The summed E-state index contributed by atoms with van der Waals surface area (Å²) in [4.78, 5) is 23.5. The first-order valence-corrected chi connectivity index (χ1v) is 6.94. The van der Waals surface area contributed by atoms with Gasteiger partial charge in [-0.1, -0.05) is 0 Å². The van der Waals surface area contributed by atoms with Crippen LogP contribution in [-0.4, -0.2) is 17.7 Å². The second kappa shape index (κ2) is 5.64. The van der Waals surface area contributed by atoms with E-state index in [1.807, 2.05) is 13.8 Å². The van der Waals surface area contributed by atoms with Gasteiger partial charge in [0.05, 0.1) is 11.6 Å². The molecule has 6 nitrogen and oxygen atoms in total. The Balaban J connectivity index is 2.30. The third kappa shape index (κ3) is 2.70. The van der Waals surface area contributed by atoms with E-state index in [0.29, 0.717) is 16.7 Å². The minimum absolute atomic E-state index is 0.0806. The molecule has 3 aromatic rings. The fourth-order valence-corrected chi connectivity index (χ4v) is 2.27. The summed E-state index contributed by atoms with van der Waals surface area (Å²) in [5, 5.41) is 9.14. The lowest BCUT2D eigenvalue weighted by Crippen LogP contribution is -2.16. The van der Waals surface area contributed by atoms with E-state index in [9.17, 15) is 9.59 Å². The number of aliphatic carboxylic acids is 1. The molecule has 6 heteroatoms. The first kappa shape index (κ1) is 14.9. The van der Waals surface area contributed by atoms with Gasteiger partial charge in [-0.05, 0) is 49.2 Å². The Morgan fingerprint density at radius 1 is 1.26 bits per heavy atom. The largest absolute Gasteiger partial charge is 0.479 e. The SMILES string of the molecule is Cc1cc2oc(-c3ccco3)c(OCC(=O)O)c(=O)c2cc1C. The van der Waals surface area contributed by atoms with Crippen molar-refractivity contribution in [1.29, 1.82) is 0 Å². The van der Waals surface area contributed by atoms with Crippen LogP contribution in [-0.2, 0) is 4.79 Å². The van der Waals surface area contributed by atoms with E-state index in [0.717, 1.165) is 11.1 Å². The Kier molecular flexibility index (Phi) is 3.65. The molecule has 23 heavy (non-hydrogen) atoms. The number of hydrogen-bond acceptors (Lipinski definition) is 5. The van der Waals surface area contributed by atoms with E-state index >= 15 is 0 Å². The third-order valence-electron chi connectivity index (χ3n) is 3.55. The monoisotopic (exact) mass is 314 g/mol. The quantitative estimate of drug-likeness (QED) is 0.795. The predicted molar refractivity (Wildman–Crippen MR) is 82.8 cm³/mol. The molecule has 1 N–H and O–H groups in total. The summed E-state index contributed by atoms with van der Waals surface area (Å²) in [6.45, 7) is 3.15. The predicted octanol–water partition coefficient (Wildman–Crippen LogP) is 3.13. The smallest absolute Gasteiger partial charge is 0.341 e. The number of aryl methyl sites for hydroxylation is 2. The molecule has 0 aliphatic heterocycles. The van der Waals surface area contributed by atoms with Gasteiger partial charge in [0.15, 0.2) is 12.4 Å². The lowest BCUT2D eigenvalue weighted by atomic mass is 10.1. The maximum atomic E-state index is 12.7. The van der Waals surface area contributed by atoms with Crippen molar-refractivity contribution in [2.75, 3.05) is 6.61 Å². The van der Waals surface area contributed by atoms with Gasteiger partial charge >= 0.3 is 5.97 Å². The molecule has 0 amide bonds. The Morgan fingerprint density at radius 3 is 2.65 bits per heavy atom. The van der Waals surface area contributed by atoms with Crippen molar-refractivity contribution in [1.82, 2.24) is 0 Å². The van der Waals surface area contributed by atoms with Gasteiger partial charge in [-0.25, -0.2) is 4.79 Å². The van der Waals surface area contributed by atoms with Crippen LogP contribution < -0.4 is 10.2 Å². The number of hydrogen-bond donors (Lipinski definition) is 1. The van der Waals surface area contributed by atoms with Crippen molar-refractivity contribution < 1.29 is 23.5 Å². The van der Waals surface area contributed by atoms with Gasteiger partial charge < -0.3 is 18.7 Å². The minimum atomic E-state index is -1.19. The molecule has 2 heterocycles. The van der Waals surface area contributed by atoms with Gasteiger partial charge in [-0.3, -0.25) is 4.79 Å². The molecule has 1 aromatic carbocycles. The number of benzene rings is 1. The minimum Gasteiger partial charge on any atom is -0.479 e. The summed E-state index contributed by atoms with van der Waals surface area (Å²) in [7, 11) is 0. The molecule has 3 rings (SSSR count). The molecule has 118 valence electrons. The molecule has 0 aliphatic rings. The number of carboxylic acid groups (broad SMARTS) is 1. The van der Waals surface area contributed by atoms with Crippen LogP contribution in [0.1, 0.15) is 11.1 Å². The summed E-state index contributed by atoms with van der Waals surface area (Å²) < 4.78 is 16.2. The van der Waals surface area contributed by atoms with Gasteiger partial charge in [0.1, 0.15) is 5.58 Å². The van der Waals surface area contributed by atoms with Crippen molar-refractivity contribution in [3.63, 3.8) is 0 Å². The number of rotatable bonds is 4. The fourth-order valence-electron chi connectivity index (χ4n) is 2.27. The summed E-state index contributed by atoms with van der Waals surface area (Å²) in [6, 6.07) is 6.72. The van der Waals surface area contributed by atoms with Crippen molar-refractivity contribution in [2.24, 2.45) is 0 Å². The van der Waals surface area contributed by atoms with Gasteiger partial charge in [-0.15, -0.1) is 0 Å². The van der Waals surface area contributed by atoms with Crippen LogP contribution in [0, 0.1) is 13.8 Å². The zero-order valence-corrected chi connectivity index (χ0v) is 12.6. The van der Waals surface area contributed by atoms with E-state index in [2.05, 4.69) is 0 Å².